The maximum Gasteiger partial charge on any atom is 0.256 e. The van der Waals surface area contributed by atoms with Crippen LogP contribution in [-0.2, 0) is 13.5 Å². The molecule has 0 unspecified atom stereocenters. The molecule has 0 radical (unpaired) electrons. The fraction of sp³-hybridized carbons (Fsp3) is 0.348. The highest BCUT2D eigenvalue weighted by atomic mass is 16.3. The number of aromatic nitrogens is 1. The van der Waals surface area contributed by atoms with Gasteiger partial charge in [0.25, 0.3) is 5.91 Å². The molecular formula is C23H24N2O2. The van der Waals surface area contributed by atoms with E-state index in [4.69, 9.17) is 0 Å². The number of piperidine rings is 1. The molecule has 4 nitrogen and oxygen atoms in total. The van der Waals surface area contributed by atoms with Crippen LogP contribution >= 0.6 is 0 Å². The molecule has 3 aromatic rings. The predicted octanol–water partition coefficient (Wildman–Crippen LogP) is 4.22. The first-order chi connectivity index (χ1) is 13.1. The fourth-order valence-corrected chi connectivity index (χ4v) is 5.20. The zero-order valence-corrected chi connectivity index (χ0v) is 15.6. The molecule has 1 fully saturated rings. The molecule has 2 aromatic carbocycles. The van der Waals surface area contributed by atoms with E-state index in [9.17, 15) is 9.90 Å². The molecule has 2 atom stereocenters. The number of phenols is 1. The van der Waals surface area contributed by atoms with Crippen molar-refractivity contribution in [2.45, 2.75) is 37.6 Å². The molecule has 1 aliphatic carbocycles. The Kier molecular flexibility index (Phi) is 3.74. The lowest BCUT2D eigenvalue weighted by atomic mass is 9.74. The molecule has 27 heavy (non-hydrogen) atoms. The maximum absolute atomic E-state index is 13.5. The number of carbonyl (C=O) groups is 1. The second-order valence-corrected chi connectivity index (χ2v) is 7.87. The summed E-state index contributed by atoms with van der Waals surface area (Å²) < 4.78 is 2.04. The molecule has 0 spiro atoms. The van der Waals surface area contributed by atoms with Gasteiger partial charge in [0.05, 0.1) is 5.56 Å². The zero-order chi connectivity index (χ0) is 18.5. The van der Waals surface area contributed by atoms with Crippen molar-refractivity contribution in [3.05, 3.63) is 65.4 Å². The fourth-order valence-electron chi connectivity index (χ4n) is 5.20. The number of amides is 1. The van der Waals surface area contributed by atoms with Crippen LogP contribution in [-0.4, -0.2) is 33.1 Å². The summed E-state index contributed by atoms with van der Waals surface area (Å²) >= 11 is 0. The highest BCUT2D eigenvalue weighted by Gasteiger charge is 2.39. The molecule has 4 heteroatoms. The van der Waals surface area contributed by atoms with Crippen molar-refractivity contribution in [2.24, 2.45) is 7.05 Å². The third-order valence-corrected chi connectivity index (χ3v) is 6.44. The maximum atomic E-state index is 13.5. The van der Waals surface area contributed by atoms with Gasteiger partial charge in [-0.2, -0.15) is 0 Å². The predicted molar refractivity (Wildman–Crippen MR) is 106 cm³/mol. The molecule has 1 aliphatic heterocycles. The summed E-state index contributed by atoms with van der Waals surface area (Å²) in [6.07, 6.45) is 5.82. The van der Waals surface area contributed by atoms with E-state index in [1.165, 1.54) is 5.56 Å². The number of nitrogens with zero attached hydrogens (tertiary/aromatic N) is 2. The minimum absolute atomic E-state index is 0.144. The van der Waals surface area contributed by atoms with Crippen molar-refractivity contribution in [1.29, 1.82) is 0 Å². The van der Waals surface area contributed by atoms with Crippen LogP contribution in [0.25, 0.3) is 10.9 Å². The lowest BCUT2D eigenvalue weighted by molar-refractivity contribution is 0.0548. The lowest BCUT2D eigenvalue weighted by Crippen LogP contribution is -2.49. The van der Waals surface area contributed by atoms with Gasteiger partial charge >= 0.3 is 0 Å². The smallest absolute Gasteiger partial charge is 0.256 e. The number of rotatable bonds is 1. The largest absolute Gasteiger partial charge is 0.508 e. The van der Waals surface area contributed by atoms with Crippen molar-refractivity contribution in [2.75, 3.05) is 6.54 Å². The number of benzene rings is 2. The molecule has 1 N–H and O–H groups in total. The Bertz CT molecular complexity index is 1040. The standard InChI is InChI=1S/C23H24N2O2/c1-24-14-19(17-6-2-3-9-20(17)24)23(27)25-13-5-8-16-15-7-4-10-22(26)18(15)11-12-21(16)25/h2-4,6-7,9-10,14,16,21,26H,5,8,11-13H2,1H3/t16-,21+/m1/s1. The Labute approximate surface area is 159 Å². The molecule has 1 saturated heterocycles. The van der Waals surface area contributed by atoms with E-state index in [1.54, 1.807) is 6.07 Å². The summed E-state index contributed by atoms with van der Waals surface area (Å²) in [4.78, 5) is 15.6. The van der Waals surface area contributed by atoms with Gasteiger partial charge in [-0.25, -0.2) is 0 Å². The number of likely N-dealkylation sites (tertiary alicyclic amines) is 1. The zero-order valence-electron chi connectivity index (χ0n) is 15.6. The summed E-state index contributed by atoms with van der Waals surface area (Å²) in [5.41, 5.74) is 4.21. The highest BCUT2D eigenvalue weighted by molar-refractivity contribution is 6.07. The average Bonchev–Trinajstić information content (AvgIpc) is 3.04. The van der Waals surface area contributed by atoms with E-state index in [0.29, 0.717) is 11.7 Å². The third-order valence-electron chi connectivity index (χ3n) is 6.44. The summed E-state index contributed by atoms with van der Waals surface area (Å²) in [6, 6.07) is 14.2. The van der Waals surface area contributed by atoms with Crippen molar-refractivity contribution in [1.82, 2.24) is 9.47 Å². The number of hydrogen-bond donors (Lipinski definition) is 1. The number of aryl methyl sites for hydroxylation is 1. The lowest BCUT2D eigenvalue weighted by Gasteiger charge is -2.45. The molecule has 2 aliphatic rings. The van der Waals surface area contributed by atoms with E-state index in [2.05, 4.69) is 17.0 Å². The Hall–Kier alpha value is -2.75. The highest BCUT2D eigenvalue weighted by Crippen LogP contribution is 2.43. The number of para-hydroxylation sites is 1. The minimum atomic E-state index is 0.144. The van der Waals surface area contributed by atoms with E-state index >= 15 is 0 Å². The number of aromatic hydroxyl groups is 1. The number of fused-ring (bicyclic) bond motifs is 4. The van der Waals surface area contributed by atoms with Gasteiger partial charge in [0, 0.05) is 42.7 Å². The van der Waals surface area contributed by atoms with Crippen molar-refractivity contribution >= 4 is 16.8 Å². The van der Waals surface area contributed by atoms with Gasteiger partial charge in [0.1, 0.15) is 5.75 Å². The van der Waals surface area contributed by atoms with Crippen LogP contribution in [0.3, 0.4) is 0 Å². The molecule has 5 rings (SSSR count). The second kappa shape index (κ2) is 6.15. The molecule has 138 valence electrons. The van der Waals surface area contributed by atoms with Crippen molar-refractivity contribution < 1.29 is 9.90 Å². The Morgan fingerprint density at radius 2 is 1.96 bits per heavy atom. The average molecular weight is 360 g/mol. The van der Waals surface area contributed by atoms with Crippen LogP contribution in [0.4, 0.5) is 0 Å². The van der Waals surface area contributed by atoms with Gasteiger partial charge in [-0.3, -0.25) is 4.79 Å². The molecule has 1 aromatic heterocycles. The molecule has 1 amide bonds. The van der Waals surface area contributed by atoms with Crippen LogP contribution in [0.1, 0.15) is 46.7 Å². The van der Waals surface area contributed by atoms with Crippen molar-refractivity contribution in [3.63, 3.8) is 0 Å². The number of hydrogen-bond acceptors (Lipinski definition) is 2. The molecule has 2 heterocycles. The van der Waals surface area contributed by atoms with E-state index in [-0.39, 0.29) is 11.9 Å². The van der Waals surface area contributed by atoms with E-state index in [0.717, 1.165) is 54.3 Å². The first-order valence-corrected chi connectivity index (χ1v) is 9.81. The monoisotopic (exact) mass is 360 g/mol. The normalized spacial score (nSPS) is 21.7. The van der Waals surface area contributed by atoms with Gasteiger partial charge in [-0.15, -0.1) is 0 Å². The third kappa shape index (κ3) is 2.47. The van der Waals surface area contributed by atoms with Crippen LogP contribution in [0, 0.1) is 0 Å². The number of phenolic OH excluding ortho intramolecular Hbond substituents is 1. The molecule has 0 saturated carbocycles. The van der Waals surface area contributed by atoms with Gasteiger partial charge in [0.2, 0.25) is 0 Å². The summed E-state index contributed by atoms with van der Waals surface area (Å²) in [6.45, 7) is 0.817. The van der Waals surface area contributed by atoms with E-state index in [1.807, 2.05) is 42.1 Å². The quantitative estimate of drug-likeness (QED) is 0.706. The summed E-state index contributed by atoms with van der Waals surface area (Å²) in [7, 11) is 2.00. The Morgan fingerprint density at radius 3 is 2.85 bits per heavy atom. The van der Waals surface area contributed by atoms with Gasteiger partial charge in [-0.05, 0) is 48.9 Å². The number of carbonyl (C=O) groups excluding carboxylic acids is 1. The van der Waals surface area contributed by atoms with Crippen LogP contribution in [0.5, 0.6) is 5.75 Å². The van der Waals surface area contributed by atoms with Crippen molar-refractivity contribution in [3.8, 4) is 5.75 Å². The summed E-state index contributed by atoms with van der Waals surface area (Å²) in [5, 5.41) is 11.3. The second-order valence-electron chi connectivity index (χ2n) is 7.87. The van der Waals surface area contributed by atoms with Crippen LogP contribution in [0.2, 0.25) is 0 Å². The first-order valence-electron chi connectivity index (χ1n) is 9.81. The van der Waals surface area contributed by atoms with Crippen LogP contribution < -0.4 is 0 Å². The SMILES string of the molecule is Cn1cc(C(=O)N2CCC[C@@H]3c4cccc(O)c4CC[C@@H]32)c2ccccc21. The van der Waals surface area contributed by atoms with Gasteiger partial charge < -0.3 is 14.6 Å². The minimum Gasteiger partial charge on any atom is -0.508 e. The van der Waals surface area contributed by atoms with E-state index < -0.39 is 0 Å². The molecule has 0 bridgehead atoms. The van der Waals surface area contributed by atoms with Crippen LogP contribution in [0.15, 0.2) is 48.7 Å². The topological polar surface area (TPSA) is 45.5 Å². The van der Waals surface area contributed by atoms with Gasteiger partial charge in [-0.1, -0.05) is 30.3 Å². The molecular weight excluding hydrogens is 336 g/mol. The summed E-state index contributed by atoms with van der Waals surface area (Å²) in [5.74, 6) is 0.877. The first kappa shape index (κ1) is 16.4. The Morgan fingerprint density at radius 1 is 1.11 bits per heavy atom. The van der Waals surface area contributed by atoms with Gasteiger partial charge in [0.15, 0.2) is 0 Å². The Balaban J connectivity index is 1.53.